The van der Waals surface area contributed by atoms with Gasteiger partial charge in [-0.25, -0.2) is 9.67 Å². The van der Waals surface area contributed by atoms with Crippen molar-refractivity contribution in [2.24, 2.45) is 0 Å². The highest BCUT2D eigenvalue weighted by atomic mass is 79.9. The molecule has 12 heteroatoms. The monoisotopic (exact) mass is 611 g/mol. The molecule has 1 aromatic carbocycles. The van der Waals surface area contributed by atoms with Gasteiger partial charge in [0.1, 0.15) is 11.8 Å². The summed E-state index contributed by atoms with van der Waals surface area (Å²) < 4.78 is 7.71. The zero-order chi connectivity index (χ0) is 25.8. The lowest BCUT2D eigenvalue weighted by Gasteiger charge is -2.24. The molecule has 190 valence electrons. The summed E-state index contributed by atoms with van der Waals surface area (Å²) in [6.45, 7) is 3.97. The van der Waals surface area contributed by atoms with E-state index in [1.54, 1.807) is 36.2 Å². The number of rotatable bonds is 9. The number of pyridine rings is 1. The highest BCUT2D eigenvalue weighted by molar-refractivity contribution is 9.10. The van der Waals surface area contributed by atoms with E-state index in [0.29, 0.717) is 14.5 Å². The Morgan fingerprint density at radius 2 is 2.06 bits per heavy atom. The fourth-order valence-corrected chi connectivity index (χ4v) is 5.27. The standard InChI is InChI=1S/C24H24BrCl2N5O3S/c1-3-5-13(2)29-23(33)16-8-14(26)9-17(25)21(16)30-24(34)19-10-20(35-15-11-36-12-15)31-32(19)22-18(27)6-4-7-28-22/h4,6-10,13,15H,3,5,11-12H2,1-2H3,(H,29,33)(H,30,34). The smallest absolute Gasteiger partial charge is 0.274 e. The Kier molecular flexibility index (Phi) is 8.82. The van der Waals surface area contributed by atoms with E-state index in [1.807, 2.05) is 13.8 Å². The maximum Gasteiger partial charge on any atom is 0.274 e. The molecule has 0 aliphatic carbocycles. The van der Waals surface area contributed by atoms with Crippen LogP contribution in [0.1, 0.15) is 47.5 Å². The summed E-state index contributed by atoms with van der Waals surface area (Å²) in [5.74, 6) is 1.40. The maximum atomic E-state index is 13.6. The first-order valence-corrected chi connectivity index (χ1v) is 14.0. The molecular weight excluding hydrogens is 589 g/mol. The van der Waals surface area contributed by atoms with Gasteiger partial charge in [0, 0.05) is 39.3 Å². The normalized spacial score (nSPS) is 14.1. The van der Waals surface area contributed by atoms with E-state index < -0.39 is 5.91 Å². The first-order valence-electron chi connectivity index (χ1n) is 11.3. The Morgan fingerprint density at radius 3 is 2.72 bits per heavy atom. The third-order valence-electron chi connectivity index (χ3n) is 5.39. The summed E-state index contributed by atoms with van der Waals surface area (Å²) in [7, 11) is 0. The molecule has 1 aliphatic rings. The van der Waals surface area contributed by atoms with Crippen molar-refractivity contribution >= 4 is 68.4 Å². The largest absolute Gasteiger partial charge is 0.472 e. The number of ether oxygens (including phenoxy) is 1. The van der Waals surface area contributed by atoms with Crippen molar-refractivity contribution in [3.05, 3.63) is 62.3 Å². The predicted molar refractivity (Wildman–Crippen MR) is 147 cm³/mol. The van der Waals surface area contributed by atoms with Gasteiger partial charge in [0.25, 0.3) is 11.8 Å². The SMILES string of the molecule is CCCC(C)NC(=O)c1cc(Cl)cc(Br)c1NC(=O)c1cc(OC2CSC2)nn1-c1ncccc1Cl. The number of halogens is 3. The molecule has 0 saturated carbocycles. The number of carbonyl (C=O) groups excluding carboxylic acids is 2. The van der Waals surface area contributed by atoms with Crippen LogP contribution in [0.15, 0.2) is 41.0 Å². The predicted octanol–water partition coefficient (Wildman–Crippen LogP) is 6.00. The lowest BCUT2D eigenvalue weighted by Crippen LogP contribution is -2.33. The molecule has 0 spiro atoms. The Bertz CT molecular complexity index is 1280. The lowest BCUT2D eigenvalue weighted by molar-refractivity contribution is 0.0939. The Labute approximate surface area is 231 Å². The van der Waals surface area contributed by atoms with Gasteiger partial charge < -0.3 is 15.4 Å². The Hall–Kier alpha value is -2.27. The Morgan fingerprint density at radius 1 is 1.28 bits per heavy atom. The highest BCUT2D eigenvalue weighted by Gasteiger charge is 2.26. The molecule has 4 rings (SSSR count). The maximum absolute atomic E-state index is 13.6. The molecular formula is C24H24BrCl2N5O3S. The molecule has 36 heavy (non-hydrogen) atoms. The third kappa shape index (κ3) is 6.16. The number of aromatic nitrogens is 3. The lowest BCUT2D eigenvalue weighted by atomic mass is 10.1. The van der Waals surface area contributed by atoms with Crippen LogP contribution in [0.2, 0.25) is 10.0 Å². The summed E-state index contributed by atoms with van der Waals surface area (Å²) in [6, 6.07) is 7.97. The number of carbonyl (C=O) groups is 2. The van der Waals surface area contributed by atoms with Crippen molar-refractivity contribution in [1.29, 1.82) is 0 Å². The van der Waals surface area contributed by atoms with Gasteiger partial charge in [-0.2, -0.15) is 11.8 Å². The number of anilines is 1. The van der Waals surface area contributed by atoms with Crippen LogP contribution >= 0.6 is 50.9 Å². The van der Waals surface area contributed by atoms with E-state index in [4.69, 9.17) is 27.9 Å². The molecule has 1 fully saturated rings. The fourth-order valence-electron chi connectivity index (χ4n) is 3.59. The van der Waals surface area contributed by atoms with Crippen LogP contribution in [0.4, 0.5) is 5.69 Å². The molecule has 3 heterocycles. The number of benzene rings is 1. The van der Waals surface area contributed by atoms with E-state index in [1.165, 1.54) is 16.8 Å². The third-order valence-corrected chi connectivity index (χ3v) is 7.75. The number of nitrogens with one attached hydrogen (secondary N) is 2. The van der Waals surface area contributed by atoms with Crippen molar-refractivity contribution < 1.29 is 14.3 Å². The first kappa shape index (κ1) is 26.8. The van der Waals surface area contributed by atoms with E-state index in [0.717, 1.165) is 24.3 Å². The van der Waals surface area contributed by atoms with Crippen molar-refractivity contribution in [1.82, 2.24) is 20.1 Å². The quantitative estimate of drug-likeness (QED) is 0.307. The summed E-state index contributed by atoms with van der Waals surface area (Å²) in [5, 5.41) is 10.9. The van der Waals surface area contributed by atoms with E-state index in [2.05, 4.69) is 36.6 Å². The van der Waals surface area contributed by atoms with Crippen LogP contribution < -0.4 is 15.4 Å². The van der Waals surface area contributed by atoms with Gasteiger partial charge in [-0.3, -0.25) is 9.59 Å². The van der Waals surface area contributed by atoms with Crippen LogP contribution in [0.5, 0.6) is 5.88 Å². The second-order valence-electron chi connectivity index (χ2n) is 8.29. The molecule has 0 bridgehead atoms. The summed E-state index contributed by atoms with van der Waals surface area (Å²) in [6.07, 6.45) is 3.33. The molecule has 1 saturated heterocycles. The van der Waals surface area contributed by atoms with Crippen molar-refractivity contribution in [2.45, 2.75) is 38.8 Å². The zero-order valence-electron chi connectivity index (χ0n) is 19.6. The number of nitrogens with zero attached hydrogens (tertiary/aromatic N) is 3. The summed E-state index contributed by atoms with van der Waals surface area (Å²) >= 11 is 17.8. The van der Waals surface area contributed by atoms with E-state index in [-0.39, 0.29) is 46.7 Å². The summed E-state index contributed by atoms with van der Waals surface area (Å²) in [5.41, 5.74) is 0.657. The van der Waals surface area contributed by atoms with Crippen LogP contribution in [0.25, 0.3) is 5.82 Å². The van der Waals surface area contributed by atoms with Gasteiger partial charge in [-0.15, -0.1) is 5.10 Å². The Balaban J connectivity index is 1.69. The van der Waals surface area contributed by atoms with Crippen molar-refractivity contribution in [3.63, 3.8) is 0 Å². The van der Waals surface area contributed by atoms with E-state index >= 15 is 0 Å². The second-order valence-corrected chi connectivity index (χ2v) is 11.1. The molecule has 2 aromatic heterocycles. The minimum atomic E-state index is -0.527. The molecule has 3 aromatic rings. The summed E-state index contributed by atoms with van der Waals surface area (Å²) in [4.78, 5) is 30.9. The van der Waals surface area contributed by atoms with Crippen LogP contribution in [-0.4, -0.2) is 50.2 Å². The van der Waals surface area contributed by atoms with Crippen molar-refractivity contribution in [3.8, 4) is 11.7 Å². The zero-order valence-corrected chi connectivity index (χ0v) is 23.5. The van der Waals surface area contributed by atoms with Crippen LogP contribution in [0.3, 0.4) is 0 Å². The second kappa shape index (κ2) is 11.9. The fraction of sp³-hybridized carbons (Fsp3) is 0.333. The number of hydrogen-bond donors (Lipinski definition) is 2. The molecule has 2 amide bonds. The molecule has 8 nitrogen and oxygen atoms in total. The van der Waals surface area contributed by atoms with Gasteiger partial charge in [-0.05, 0) is 53.5 Å². The van der Waals surface area contributed by atoms with Gasteiger partial charge in [0.2, 0.25) is 5.88 Å². The topological polar surface area (TPSA) is 98.1 Å². The van der Waals surface area contributed by atoms with Gasteiger partial charge in [0.05, 0.1) is 16.3 Å². The minimum absolute atomic E-state index is 0.0271. The van der Waals surface area contributed by atoms with Crippen LogP contribution in [-0.2, 0) is 0 Å². The molecule has 1 unspecified atom stereocenters. The number of thioether (sulfide) groups is 1. The van der Waals surface area contributed by atoms with Gasteiger partial charge in [0.15, 0.2) is 5.82 Å². The molecule has 2 N–H and O–H groups in total. The molecule has 0 radical (unpaired) electrons. The van der Waals surface area contributed by atoms with Gasteiger partial charge >= 0.3 is 0 Å². The molecule has 1 atom stereocenters. The highest BCUT2D eigenvalue weighted by Crippen LogP contribution is 2.32. The average Bonchev–Trinajstić information content (AvgIpc) is 3.22. The van der Waals surface area contributed by atoms with Gasteiger partial charge in [-0.1, -0.05) is 36.5 Å². The van der Waals surface area contributed by atoms with Crippen molar-refractivity contribution in [2.75, 3.05) is 16.8 Å². The average molecular weight is 613 g/mol. The minimum Gasteiger partial charge on any atom is -0.472 e. The number of hydrogen-bond acceptors (Lipinski definition) is 6. The van der Waals surface area contributed by atoms with Crippen LogP contribution in [0, 0.1) is 0 Å². The van der Waals surface area contributed by atoms with E-state index in [9.17, 15) is 9.59 Å². The molecule has 1 aliphatic heterocycles. The first-order chi connectivity index (χ1) is 17.3. The number of amides is 2.